The van der Waals surface area contributed by atoms with Crippen LogP contribution in [0.1, 0.15) is 12.0 Å². The number of nitrogens with zero attached hydrogens (tertiary/aromatic N) is 1. The lowest BCUT2D eigenvalue weighted by Gasteiger charge is -2.29. The van der Waals surface area contributed by atoms with Gasteiger partial charge in [-0.2, -0.15) is 0 Å². The van der Waals surface area contributed by atoms with E-state index in [1.807, 2.05) is 0 Å². The van der Waals surface area contributed by atoms with E-state index < -0.39 is 0 Å². The van der Waals surface area contributed by atoms with Gasteiger partial charge in [-0.1, -0.05) is 24.3 Å². The first kappa shape index (κ1) is 12.5. The Hall–Kier alpha value is -0.990. The lowest BCUT2D eigenvalue weighted by molar-refractivity contribution is 0.589. The number of rotatable bonds is 4. The van der Waals surface area contributed by atoms with Crippen molar-refractivity contribution in [3.05, 3.63) is 35.9 Å². The van der Waals surface area contributed by atoms with Crippen LogP contribution in [0.4, 0.5) is 5.69 Å². The molecule has 0 aliphatic carbocycles. The van der Waals surface area contributed by atoms with Gasteiger partial charge in [-0.25, -0.2) is 0 Å². The Morgan fingerprint density at radius 3 is 2.88 bits per heavy atom. The summed E-state index contributed by atoms with van der Waals surface area (Å²) in [5.41, 5.74) is 2.57. The molecule has 2 rings (SSSR count). The Morgan fingerprint density at radius 1 is 1.29 bits per heavy atom. The summed E-state index contributed by atoms with van der Waals surface area (Å²) in [5.74, 6) is 0.688. The molecule has 1 aromatic carbocycles. The summed E-state index contributed by atoms with van der Waals surface area (Å²) >= 11 is 5.65. The van der Waals surface area contributed by atoms with Crippen LogP contribution in [-0.4, -0.2) is 32.1 Å². The average Bonchev–Trinajstić information content (AvgIpc) is 2.41. The van der Waals surface area contributed by atoms with E-state index >= 15 is 0 Å². The van der Waals surface area contributed by atoms with Crippen LogP contribution in [-0.2, 0) is 0 Å². The van der Waals surface area contributed by atoms with E-state index in [1.165, 1.54) is 11.3 Å². The van der Waals surface area contributed by atoms with Gasteiger partial charge in [-0.15, -0.1) is 11.6 Å². The number of benzene rings is 1. The lowest BCUT2D eigenvalue weighted by Crippen LogP contribution is -2.43. The standard InChI is InChI=1S/C14H19ClN2/c15-7-2-1-4-13-5-3-6-14(12-13)17-10-8-16-9-11-17/h1,3-6,12,16H,2,7-11H2. The van der Waals surface area contributed by atoms with Crippen molar-refractivity contribution in [1.82, 2.24) is 5.32 Å². The van der Waals surface area contributed by atoms with Gasteiger partial charge in [0.1, 0.15) is 0 Å². The number of hydrogen-bond donors (Lipinski definition) is 1. The molecule has 1 fully saturated rings. The third-order valence-corrected chi connectivity index (χ3v) is 3.16. The van der Waals surface area contributed by atoms with Crippen LogP contribution in [0.3, 0.4) is 0 Å². The molecule has 17 heavy (non-hydrogen) atoms. The van der Waals surface area contributed by atoms with E-state index in [4.69, 9.17) is 11.6 Å². The summed E-state index contributed by atoms with van der Waals surface area (Å²) < 4.78 is 0. The topological polar surface area (TPSA) is 15.3 Å². The second kappa shape index (κ2) is 6.67. The summed E-state index contributed by atoms with van der Waals surface area (Å²) in [4.78, 5) is 2.43. The molecule has 0 spiro atoms. The smallest absolute Gasteiger partial charge is 0.0373 e. The van der Waals surface area contributed by atoms with Gasteiger partial charge in [0.05, 0.1) is 0 Å². The normalized spacial score (nSPS) is 16.6. The molecule has 0 amide bonds. The van der Waals surface area contributed by atoms with Crippen molar-refractivity contribution >= 4 is 23.4 Å². The third-order valence-electron chi connectivity index (χ3n) is 2.94. The van der Waals surface area contributed by atoms with Gasteiger partial charge < -0.3 is 10.2 Å². The molecule has 1 heterocycles. The maximum Gasteiger partial charge on any atom is 0.0373 e. The first-order valence-electron chi connectivity index (χ1n) is 6.18. The van der Waals surface area contributed by atoms with Crippen molar-refractivity contribution in [1.29, 1.82) is 0 Å². The van der Waals surface area contributed by atoms with E-state index in [1.54, 1.807) is 0 Å². The highest BCUT2D eigenvalue weighted by atomic mass is 35.5. The predicted molar refractivity (Wildman–Crippen MR) is 75.9 cm³/mol. The quantitative estimate of drug-likeness (QED) is 0.827. The van der Waals surface area contributed by atoms with Crippen LogP contribution in [0.25, 0.3) is 6.08 Å². The fraction of sp³-hybridized carbons (Fsp3) is 0.429. The number of anilines is 1. The molecule has 1 aliphatic rings. The molecular formula is C14H19ClN2. The molecular weight excluding hydrogens is 232 g/mol. The zero-order chi connectivity index (χ0) is 11.9. The summed E-state index contributed by atoms with van der Waals surface area (Å²) in [7, 11) is 0. The van der Waals surface area contributed by atoms with Gasteiger partial charge in [0.25, 0.3) is 0 Å². The number of halogens is 1. The third kappa shape index (κ3) is 3.76. The number of hydrogen-bond acceptors (Lipinski definition) is 2. The molecule has 0 saturated carbocycles. The van der Waals surface area contributed by atoms with E-state index in [0.29, 0.717) is 5.88 Å². The zero-order valence-electron chi connectivity index (χ0n) is 10.0. The molecule has 1 N–H and O–H groups in total. The number of piperazine rings is 1. The second-order valence-electron chi connectivity index (χ2n) is 4.21. The van der Waals surface area contributed by atoms with Crippen LogP contribution in [0.2, 0.25) is 0 Å². The highest BCUT2D eigenvalue weighted by Crippen LogP contribution is 2.17. The molecule has 2 nitrogen and oxygen atoms in total. The van der Waals surface area contributed by atoms with Crippen LogP contribution in [0.5, 0.6) is 0 Å². The van der Waals surface area contributed by atoms with Crippen molar-refractivity contribution in [2.75, 3.05) is 37.0 Å². The number of allylic oxidation sites excluding steroid dienone is 1. The van der Waals surface area contributed by atoms with E-state index in [2.05, 4.69) is 46.6 Å². The van der Waals surface area contributed by atoms with Crippen molar-refractivity contribution in [2.24, 2.45) is 0 Å². The first-order valence-corrected chi connectivity index (χ1v) is 6.72. The van der Waals surface area contributed by atoms with E-state index in [-0.39, 0.29) is 0 Å². The molecule has 0 aromatic heterocycles. The number of alkyl halides is 1. The Morgan fingerprint density at radius 2 is 2.12 bits per heavy atom. The fourth-order valence-electron chi connectivity index (χ4n) is 2.03. The molecule has 0 radical (unpaired) electrons. The maximum absolute atomic E-state index is 5.65. The van der Waals surface area contributed by atoms with E-state index in [0.717, 1.165) is 32.6 Å². The molecule has 92 valence electrons. The van der Waals surface area contributed by atoms with Crippen molar-refractivity contribution in [2.45, 2.75) is 6.42 Å². The lowest BCUT2D eigenvalue weighted by atomic mass is 10.1. The van der Waals surface area contributed by atoms with Gasteiger partial charge in [0, 0.05) is 37.7 Å². The van der Waals surface area contributed by atoms with Crippen molar-refractivity contribution in [3.8, 4) is 0 Å². The molecule has 1 saturated heterocycles. The molecule has 3 heteroatoms. The zero-order valence-corrected chi connectivity index (χ0v) is 10.8. The monoisotopic (exact) mass is 250 g/mol. The molecule has 0 atom stereocenters. The van der Waals surface area contributed by atoms with Crippen molar-refractivity contribution < 1.29 is 0 Å². The molecule has 0 unspecified atom stereocenters. The van der Waals surface area contributed by atoms with Gasteiger partial charge in [0.15, 0.2) is 0 Å². The summed E-state index contributed by atoms with van der Waals surface area (Å²) in [6.07, 6.45) is 5.21. The SMILES string of the molecule is ClCCC=Cc1cccc(N2CCNCC2)c1. The van der Waals surface area contributed by atoms with Gasteiger partial charge >= 0.3 is 0 Å². The maximum atomic E-state index is 5.65. The molecule has 1 aliphatic heterocycles. The second-order valence-corrected chi connectivity index (χ2v) is 4.59. The van der Waals surface area contributed by atoms with Gasteiger partial charge in [-0.05, 0) is 24.1 Å². The minimum atomic E-state index is 0.688. The average molecular weight is 251 g/mol. The first-order chi connectivity index (χ1) is 8.40. The fourth-order valence-corrected chi connectivity index (χ4v) is 2.16. The number of nitrogens with one attached hydrogen (secondary N) is 1. The van der Waals surface area contributed by atoms with E-state index in [9.17, 15) is 0 Å². The van der Waals surface area contributed by atoms with Crippen molar-refractivity contribution in [3.63, 3.8) is 0 Å². The van der Waals surface area contributed by atoms with Crippen LogP contribution in [0.15, 0.2) is 30.3 Å². The molecule has 1 aromatic rings. The molecule has 0 bridgehead atoms. The van der Waals surface area contributed by atoms with Gasteiger partial charge in [-0.3, -0.25) is 0 Å². The Kier molecular flexibility index (Phi) is 4.89. The summed E-state index contributed by atoms with van der Waals surface area (Å²) in [5, 5.41) is 3.37. The minimum Gasteiger partial charge on any atom is -0.369 e. The minimum absolute atomic E-state index is 0.688. The van der Waals surface area contributed by atoms with Crippen LogP contribution in [0, 0.1) is 0 Å². The van der Waals surface area contributed by atoms with Crippen LogP contribution >= 0.6 is 11.6 Å². The largest absolute Gasteiger partial charge is 0.369 e. The Labute approximate surface area is 108 Å². The summed E-state index contributed by atoms with van der Waals surface area (Å²) in [6, 6.07) is 8.69. The summed E-state index contributed by atoms with van der Waals surface area (Å²) in [6.45, 7) is 4.34. The van der Waals surface area contributed by atoms with Crippen LogP contribution < -0.4 is 10.2 Å². The Bertz CT molecular complexity index is 370. The predicted octanol–water partition coefficient (Wildman–Crippen LogP) is 2.74. The Balaban J connectivity index is 2.05. The highest BCUT2D eigenvalue weighted by molar-refractivity contribution is 6.17. The van der Waals surface area contributed by atoms with Gasteiger partial charge in [0.2, 0.25) is 0 Å². The highest BCUT2D eigenvalue weighted by Gasteiger charge is 2.09.